The van der Waals surface area contributed by atoms with E-state index in [0.717, 1.165) is 5.56 Å². The number of nitrogens with one attached hydrogen (secondary N) is 1. The second-order valence-corrected chi connectivity index (χ2v) is 7.33. The van der Waals surface area contributed by atoms with Gasteiger partial charge in [-0.2, -0.15) is 0 Å². The van der Waals surface area contributed by atoms with Gasteiger partial charge in [-0.1, -0.05) is 36.1 Å². The molecule has 1 unspecified atom stereocenters. The molecule has 0 bridgehead atoms. The number of hydrogen-bond acceptors (Lipinski definition) is 6. The minimum absolute atomic E-state index is 0.103. The molecule has 1 aromatic carbocycles. The van der Waals surface area contributed by atoms with Crippen LogP contribution in [0.1, 0.15) is 25.3 Å². The van der Waals surface area contributed by atoms with Gasteiger partial charge in [-0.25, -0.2) is 0 Å². The van der Waals surface area contributed by atoms with Gasteiger partial charge in [-0.05, 0) is 37.1 Å². The summed E-state index contributed by atoms with van der Waals surface area (Å²) >= 11 is 6.41. The van der Waals surface area contributed by atoms with Crippen molar-refractivity contribution in [3.63, 3.8) is 0 Å². The quantitative estimate of drug-likeness (QED) is 0.479. The molecule has 26 heavy (non-hydrogen) atoms. The molecular formula is C17H18N2O5S2. The molecule has 1 aromatic rings. The lowest BCUT2D eigenvalue weighted by Gasteiger charge is -2.14. The number of aliphatic carboxylic acids is 1. The van der Waals surface area contributed by atoms with E-state index in [4.69, 9.17) is 17.3 Å². The molecule has 1 aliphatic rings. The molecule has 2 amide bonds. The summed E-state index contributed by atoms with van der Waals surface area (Å²) in [5.41, 5.74) is 0.769. The number of benzene rings is 1. The fraction of sp³-hybridized carbons (Fsp3) is 0.294. The molecule has 0 aliphatic carbocycles. The van der Waals surface area contributed by atoms with Gasteiger partial charge in [-0.15, -0.1) is 0 Å². The number of amides is 2. The standard InChI is InChI=1S/C17H18N2O5S2/c1-10(16(23)24)18-14(21)3-2-8-19-15(22)13(26-17(19)25)9-11-4-6-12(20)7-5-11/h4-7,9-10,20H,2-3,8H2,1H3,(H,18,21)(H,23,24)/b13-9-. The number of carbonyl (C=O) groups is 3. The molecule has 0 spiro atoms. The number of phenolic OH excluding ortho intramolecular Hbond substituents is 1. The summed E-state index contributed by atoms with van der Waals surface area (Å²) in [6.07, 6.45) is 2.17. The molecule has 7 nitrogen and oxygen atoms in total. The van der Waals surface area contributed by atoms with Crippen LogP contribution < -0.4 is 5.32 Å². The van der Waals surface area contributed by atoms with E-state index in [2.05, 4.69) is 5.32 Å². The largest absolute Gasteiger partial charge is 0.508 e. The molecule has 1 aliphatic heterocycles. The van der Waals surface area contributed by atoms with Crippen LogP contribution in [-0.4, -0.2) is 49.8 Å². The predicted molar refractivity (Wildman–Crippen MR) is 102 cm³/mol. The van der Waals surface area contributed by atoms with Crippen molar-refractivity contribution < 1.29 is 24.6 Å². The summed E-state index contributed by atoms with van der Waals surface area (Å²) in [4.78, 5) is 36.7. The minimum atomic E-state index is -1.10. The summed E-state index contributed by atoms with van der Waals surface area (Å²) in [7, 11) is 0. The average molecular weight is 394 g/mol. The topological polar surface area (TPSA) is 107 Å². The summed E-state index contributed by atoms with van der Waals surface area (Å²) in [5, 5.41) is 20.4. The number of carbonyl (C=O) groups excluding carboxylic acids is 2. The lowest BCUT2D eigenvalue weighted by atomic mass is 10.2. The van der Waals surface area contributed by atoms with E-state index in [1.165, 1.54) is 35.7 Å². The number of thiocarbonyl (C=S) groups is 1. The maximum atomic E-state index is 12.5. The number of aromatic hydroxyl groups is 1. The number of hydrogen-bond donors (Lipinski definition) is 3. The predicted octanol–water partition coefficient (Wildman–Crippen LogP) is 1.96. The van der Waals surface area contributed by atoms with Crippen LogP contribution >= 0.6 is 24.0 Å². The highest BCUT2D eigenvalue weighted by atomic mass is 32.2. The summed E-state index contributed by atoms with van der Waals surface area (Å²) in [6.45, 7) is 1.67. The third-order valence-corrected chi connectivity index (χ3v) is 4.98. The molecule has 0 aromatic heterocycles. The molecule has 138 valence electrons. The fourth-order valence-corrected chi connectivity index (χ4v) is 3.50. The first-order valence-electron chi connectivity index (χ1n) is 7.84. The van der Waals surface area contributed by atoms with Crippen molar-refractivity contribution in [2.24, 2.45) is 0 Å². The van der Waals surface area contributed by atoms with Crippen LogP contribution in [0.15, 0.2) is 29.2 Å². The van der Waals surface area contributed by atoms with E-state index in [-0.39, 0.29) is 30.5 Å². The van der Waals surface area contributed by atoms with Crippen molar-refractivity contribution in [2.75, 3.05) is 6.54 Å². The normalized spacial score (nSPS) is 16.8. The molecule has 1 saturated heterocycles. The Kier molecular flexibility index (Phi) is 6.76. The Morgan fingerprint density at radius 3 is 2.62 bits per heavy atom. The van der Waals surface area contributed by atoms with Gasteiger partial charge in [0.1, 0.15) is 16.1 Å². The second kappa shape index (κ2) is 8.81. The molecular weight excluding hydrogens is 376 g/mol. The van der Waals surface area contributed by atoms with Crippen molar-refractivity contribution in [1.82, 2.24) is 10.2 Å². The third kappa shape index (κ3) is 5.30. The van der Waals surface area contributed by atoms with Gasteiger partial charge in [0.2, 0.25) is 5.91 Å². The zero-order valence-corrected chi connectivity index (χ0v) is 15.6. The van der Waals surface area contributed by atoms with E-state index in [1.807, 2.05) is 0 Å². The van der Waals surface area contributed by atoms with Gasteiger partial charge in [0.05, 0.1) is 4.91 Å². The zero-order valence-electron chi connectivity index (χ0n) is 14.0. The van der Waals surface area contributed by atoms with Crippen molar-refractivity contribution in [3.05, 3.63) is 34.7 Å². The Hall–Kier alpha value is -2.39. The minimum Gasteiger partial charge on any atom is -0.508 e. The molecule has 9 heteroatoms. The Morgan fingerprint density at radius 1 is 1.35 bits per heavy atom. The maximum Gasteiger partial charge on any atom is 0.325 e. The van der Waals surface area contributed by atoms with Crippen LogP contribution in [0.4, 0.5) is 0 Å². The highest BCUT2D eigenvalue weighted by Crippen LogP contribution is 2.32. The van der Waals surface area contributed by atoms with E-state index in [1.54, 1.807) is 18.2 Å². The van der Waals surface area contributed by atoms with Gasteiger partial charge in [-0.3, -0.25) is 19.3 Å². The summed E-state index contributed by atoms with van der Waals surface area (Å²) < 4.78 is 0.416. The smallest absolute Gasteiger partial charge is 0.325 e. The van der Waals surface area contributed by atoms with E-state index in [9.17, 15) is 19.5 Å². The second-order valence-electron chi connectivity index (χ2n) is 5.66. The highest BCUT2D eigenvalue weighted by Gasteiger charge is 2.31. The maximum absolute atomic E-state index is 12.5. The summed E-state index contributed by atoms with van der Waals surface area (Å²) in [5.74, 6) is -1.57. The van der Waals surface area contributed by atoms with E-state index < -0.39 is 12.0 Å². The van der Waals surface area contributed by atoms with Gasteiger partial charge in [0.25, 0.3) is 5.91 Å². The van der Waals surface area contributed by atoms with Crippen LogP contribution in [-0.2, 0) is 14.4 Å². The van der Waals surface area contributed by atoms with E-state index in [0.29, 0.717) is 15.6 Å². The Morgan fingerprint density at radius 2 is 2.00 bits per heavy atom. The highest BCUT2D eigenvalue weighted by molar-refractivity contribution is 8.26. The molecule has 0 radical (unpaired) electrons. The first-order chi connectivity index (χ1) is 12.3. The number of phenols is 1. The lowest BCUT2D eigenvalue weighted by molar-refractivity contribution is -0.141. The van der Waals surface area contributed by atoms with Crippen molar-refractivity contribution >= 4 is 52.2 Å². The van der Waals surface area contributed by atoms with E-state index >= 15 is 0 Å². The van der Waals surface area contributed by atoms with Crippen LogP contribution in [0.5, 0.6) is 5.75 Å². The zero-order chi connectivity index (χ0) is 19.3. The Balaban J connectivity index is 1.90. The van der Waals surface area contributed by atoms with Crippen LogP contribution in [0.3, 0.4) is 0 Å². The Labute approximate surface area is 160 Å². The fourth-order valence-electron chi connectivity index (χ4n) is 2.19. The Bertz CT molecular complexity index is 761. The molecule has 1 heterocycles. The third-order valence-electron chi connectivity index (χ3n) is 3.60. The van der Waals surface area contributed by atoms with Gasteiger partial charge in [0, 0.05) is 13.0 Å². The van der Waals surface area contributed by atoms with Crippen molar-refractivity contribution in [3.8, 4) is 5.75 Å². The molecule has 1 fully saturated rings. The first kappa shape index (κ1) is 19.9. The first-order valence-corrected chi connectivity index (χ1v) is 9.07. The van der Waals surface area contributed by atoms with Crippen molar-refractivity contribution in [1.29, 1.82) is 0 Å². The van der Waals surface area contributed by atoms with Crippen LogP contribution in [0.25, 0.3) is 6.08 Å². The number of carboxylic acid groups (broad SMARTS) is 1. The number of carboxylic acids is 1. The monoisotopic (exact) mass is 394 g/mol. The SMILES string of the molecule is CC(NC(=O)CCCN1C(=O)/C(=C/c2ccc(O)cc2)SC1=S)C(=O)O. The number of thioether (sulfide) groups is 1. The van der Waals surface area contributed by atoms with Crippen molar-refractivity contribution in [2.45, 2.75) is 25.8 Å². The van der Waals surface area contributed by atoms with Gasteiger partial charge >= 0.3 is 5.97 Å². The van der Waals surface area contributed by atoms with Gasteiger partial charge in [0.15, 0.2) is 0 Å². The molecule has 1 atom stereocenters. The molecule has 0 saturated carbocycles. The summed E-state index contributed by atoms with van der Waals surface area (Å²) in [6, 6.07) is 5.49. The molecule has 2 rings (SSSR count). The number of nitrogens with zero attached hydrogens (tertiary/aromatic N) is 1. The number of rotatable bonds is 7. The molecule has 3 N–H and O–H groups in total. The van der Waals surface area contributed by atoms with Crippen LogP contribution in [0, 0.1) is 0 Å². The van der Waals surface area contributed by atoms with Gasteiger partial charge < -0.3 is 15.5 Å². The lowest BCUT2D eigenvalue weighted by Crippen LogP contribution is -2.38. The van der Waals surface area contributed by atoms with Crippen LogP contribution in [0.2, 0.25) is 0 Å². The average Bonchev–Trinajstić information content (AvgIpc) is 2.84.